The second-order valence-corrected chi connectivity index (χ2v) is 7.69. The molecular formula is C24H28O5. The number of methoxy groups -OCH3 is 2. The molecule has 1 saturated carbocycles. The summed E-state index contributed by atoms with van der Waals surface area (Å²) >= 11 is 0. The zero-order valence-electron chi connectivity index (χ0n) is 17.0. The van der Waals surface area contributed by atoms with Gasteiger partial charge in [0, 0.05) is 12.8 Å². The molecule has 2 aromatic rings. The number of hydrogen-bond acceptors (Lipinski definition) is 5. The van der Waals surface area contributed by atoms with Gasteiger partial charge in [0.15, 0.2) is 0 Å². The van der Waals surface area contributed by atoms with E-state index < -0.39 is 11.5 Å². The first-order valence-corrected chi connectivity index (χ1v) is 9.97. The summed E-state index contributed by atoms with van der Waals surface area (Å²) in [7, 11) is 3.23. The molecule has 1 aliphatic carbocycles. The monoisotopic (exact) mass is 396 g/mol. The molecule has 5 nitrogen and oxygen atoms in total. The second kappa shape index (κ2) is 9.23. The van der Waals surface area contributed by atoms with Crippen LogP contribution in [0, 0.1) is 5.41 Å². The Bertz CT molecular complexity index is 767. The highest BCUT2D eigenvalue weighted by molar-refractivity contribution is 6.08. The van der Waals surface area contributed by atoms with E-state index in [9.17, 15) is 14.7 Å². The first kappa shape index (κ1) is 21.1. The first-order valence-electron chi connectivity index (χ1n) is 9.97. The van der Waals surface area contributed by atoms with Crippen molar-refractivity contribution in [1.29, 1.82) is 0 Å². The molecule has 1 aliphatic rings. The summed E-state index contributed by atoms with van der Waals surface area (Å²) in [6.45, 7) is 0. The maximum absolute atomic E-state index is 13.0. The standard InChI is InChI=1S/C24H28O5/c1-28-20-9-3-17(4-10-20)7-13-22(26)24(15-19(25)16-24)23(27)14-8-18-5-11-21(29-2)12-6-18/h3-6,9-12,19,25H,7-8,13-16H2,1-2H3. The van der Waals surface area contributed by atoms with Crippen LogP contribution in [0.15, 0.2) is 48.5 Å². The molecule has 154 valence electrons. The van der Waals surface area contributed by atoms with Gasteiger partial charge in [0.2, 0.25) is 0 Å². The number of hydrogen-bond donors (Lipinski definition) is 1. The molecule has 0 amide bonds. The third kappa shape index (κ3) is 4.85. The van der Waals surface area contributed by atoms with Gasteiger partial charge in [-0.25, -0.2) is 0 Å². The smallest absolute Gasteiger partial charge is 0.146 e. The van der Waals surface area contributed by atoms with Gasteiger partial charge in [-0.05, 0) is 61.1 Å². The highest BCUT2D eigenvalue weighted by atomic mass is 16.5. The highest BCUT2D eigenvalue weighted by Crippen LogP contribution is 2.45. The van der Waals surface area contributed by atoms with Crippen LogP contribution in [0.5, 0.6) is 11.5 Å². The van der Waals surface area contributed by atoms with Crippen molar-refractivity contribution in [2.75, 3.05) is 14.2 Å². The molecule has 0 bridgehead atoms. The van der Waals surface area contributed by atoms with Crippen molar-refractivity contribution < 1.29 is 24.2 Å². The molecule has 29 heavy (non-hydrogen) atoms. The van der Waals surface area contributed by atoms with Gasteiger partial charge in [-0.1, -0.05) is 24.3 Å². The summed E-state index contributed by atoms with van der Waals surface area (Å²) in [6.07, 6.45) is 1.68. The lowest BCUT2D eigenvalue weighted by molar-refractivity contribution is -0.155. The van der Waals surface area contributed by atoms with Crippen LogP contribution in [0.25, 0.3) is 0 Å². The predicted octanol–water partition coefficient (Wildman–Crippen LogP) is 3.55. The van der Waals surface area contributed by atoms with Crippen LogP contribution >= 0.6 is 0 Å². The largest absolute Gasteiger partial charge is 0.497 e. The minimum absolute atomic E-state index is 0.0571. The molecule has 0 heterocycles. The van der Waals surface area contributed by atoms with Gasteiger partial charge in [0.25, 0.3) is 0 Å². The number of carbonyl (C=O) groups is 2. The molecule has 0 atom stereocenters. The number of carbonyl (C=O) groups excluding carboxylic acids is 2. The molecule has 0 aromatic heterocycles. The van der Waals surface area contributed by atoms with E-state index in [2.05, 4.69) is 0 Å². The topological polar surface area (TPSA) is 72.8 Å². The maximum Gasteiger partial charge on any atom is 0.146 e. The molecule has 0 radical (unpaired) electrons. The van der Waals surface area contributed by atoms with E-state index in [0.29, 0.717) is 25.7 Å². The van der Waals surface area contributed by atoms with E-state index in [4.69, 9.17) is 9.47 Å². The summed E-state index contributed by atoms with van der Waals surface area (Å²) in [5.74, 6) is 1.43. The van der Waals surface area contributed by atoms with Crippen LogP contribution in [0.1, 0.15) is 36.8 Å². The average Bonchev–Trinajstić information content (AvgIpc) is 2.74. The molecule has 3 rings (SSSR count). The van der Waals surface area contributed by atoms with E-state index in [0.717, 1.165) is 22.6 Å². The number of ether oxygens (including phenoxy) is 2. The third-order valence-electron chi connectivity index (χ3n) is 5.84. The molecule has 0 aliphatic heterocycles. The highest BCUT2D eigenvalue weighted by Gasteiger charge is 2.53. The number of Topliss-reactive ketones (excluding diaryl/α,β-unsaturated/α-hetero) is 2. The minimum Gasteiger partial charge on any atom is -0.497 e. The van der Waals surface area contributed by atoms with Crippen LogP contribution in [0.2, 0.25) is 0 Å². The summed E-state index contributed by atoms with van der Waals surface area (Å²) in [5.41, 5.74) is 1.04. The van der Waals surface area contributed by atoms with Crippen molar-refractivity contribution in [3.05, 3.63) is 59.7 Å². The van der Waals surface area contributed by atoms with E-state index in [1.807, 2.05) is 48.5 Å². The van der Waals surface area contributed by atoms with Gasteiger partial charge in [-0.15, -0.1) is 0 Å². The Balaban J connectivity index is 1.59. The van der Waals surface area contributed by atoms with Crippen molar-refractivity contribution in [2.24, 2.45) is 5.41 Å². The van der Waals surface area contributed by atoms with Gasteiger partial charge in [-0.3, -0.25) is 9.59 Å². The Morgan fingerprint density at radius 3 is 1.52 bits per heavy atom. The van der Waals surface area contributed by atoms with Crippen LogP contribution in [0.3, 0.4) is 0 Å². The predicted molar refractivity (Wildman–Crippen MR) is 110 cm³/mol. The molecular weight excluding hydrogens is 368 g/mol. The minimum atomic E-state index is -1.02. The zero-order valence-corrected chi connectivity index (χ0v) is 17.0. The Labute approximate surface area is 171 Å². The lowest BCUT2D eigenvalue weighted by Gasteiger charge is -2.43. The summed E-state index contributed by atoms with van der Waals surface area (Å²) < 4.78 is 10.3. The fraction of sp³-hybridized carbons (Fsp3) is 0.417. The van der Waals surface area contributed by atoms with Crippen molar-refractivity contribution in [1.82, 2.24) is 0 Å². The molecule has 0 unspecified atom stereocenters. The normalized spacial score (nSPS) is 15.4. The zero-order chi connectivity index (χ0) is 20.9. The third-order valence-corrected chi connectivity index (χ3v) is 5.84. The Hall–Kier alpha value is -2.66. The van der Waals surface area contributed by atoms with Crippen molar-refractivity contribution in [3.63, 3.8) is 0 Å². The SMILES string of the molecule is COc1ccc(CCC(=O)C2(C(=O)CCc3ccc(OC)cc3)CC(O)C2)cc1. The van der Waals surface area contributed by atoms with E-state index in [1.54, 1.807) is 14.2 Å². The summed E-state index contributed by atoms with van der Waals surface area (Å²) in [6, 6.07) is 15.2. The molecule has 5 heteroatoms. The number of aryl methyl sites for hydroxylation is 2. The Morgan fingerprint density at radius 1 is 0.828 bits per heavy atom. The number of aliphatic hydroxyl groups excluding tert-OH is 1. The van der Waals surface area contributed by atoms with Crippen LogP contribution in [0.4, 0.5) is 0 Å². The molecule has 0 saturated heterocycles. The number of aliphatic hydroxyl groups is 1. The summed E-state index contributed by atoms with van der Waals surface area (Å²) in [5, 5.41) is 9.83. The number of benzene rings is 2. The lowest BCUT2D eigenvalue weighted by atomic mass is 9.60. The van der Waals surface area contributed by atoms with Crippen LogP contribution in [-0.2, 0) is 22.4 Å². The quantitative estimate of drug-likeness (QED) is 0.622. The fourth-order valence-electron chi connectivity index (χ4n) is 3.93. The van der Waals surface area contributed by atoms with E-state index in [1.165, 1.54) is 0 Å². The number of rotatable bonds is 10. The second-order valence-electron chi connectivity index (χ2n) is 7.69. The lowest BCUT2D eigenvalue weighted by Crippen LogP contribution is -2.52. The molecule has 2 aromatic carbocycles. The van der Waals surface area contributed by atoms with Gasteiger partial charge < -0.3 is 14.6 Å². The molecule has 1 N–H and O–H groups in total. The van der Waals surface area contributed by atoms with Gasteiger partial charge in [0.05, 0.1) is 25.7 Å². The van der Waals surface area contributed by atoms with Crippen molar-refractivity contribution in [3.8, 4) is 11.5 Å². The summed E-state index contributed by atoms with van der Waals surface area (Å²) in [4.78, 5) is 25.9. The van der Waals surface area contributed by atoms with Crippen molar-refractivity contribution >= 4 is 11.6 Å². The van der Waals surface area contributed by atoms with Gasteiger partial charge in [0.1, 0.15) is 23.1 Å². The molecule has 0 spiro atoms. The van der Waals surface area contributed by atoms with Gasteiger partial charge in [-0.2, -0.15) is 0 Å². The number of ketones is 2. The Morgan fingerprint density at radius 2 is 1.21 bits per heavy atom. The van der Waals surface area contributed by atoms with Crippen LogP contribution < -0.4 is 9.47 Å². The van der Waals surface area contributed by atoms with E-state index >= 15 is 0 Å². The average molecular weight is 396 g/mol. The molecule has 1 fully saturated rings. The van der Waals surface area contributed by atoms with Crippen molar-refractivity contribution in [2.45, 2.75) is 44.6 Å². The maximum atomic E-state index is 13.0. The van der Waals surface area contributed by atoms with E-state index in [-0.39, 0.29) is 24.4 Å². The Kier molecular flexibility index (Phi) is 6.70. The van der Waals surface area contributed by atoms with Gasteiger partial charge >= 0.3 is 0 Å². The first-order chi connectivity index (χ1) is 14.0. The van der Waals surface area contributed by atoms with Crippen LogP contribution in [-0.4, -0.2) is 37.0 Å². The fourth-order valence-corrected chi connectivity index (χ4v) is 3.93.